The van der Waals surface area contributed by atoms with E-state index >= 15 is 0 Å². The Hall–Kier alpha value is -2.96. The second-order valence-electron chi connectivity index (χ2n) is 8.57. The van der Waals surface area contributed by atoms with Crippen LogP contribution < -0.4 is 15.5 Å². The number of rotatable bonds is 5. The first kappa shape index (κ1) is 24.7. The maximum Gasteiger partial charge on any atom is 0.417 e. The SMILES string of the molecule is CCNC(=O)[C@@H]1CN(c2ccc(C#N)c(C(F)(F)F)c2)C[C@H]1C1CCN(C(=O)NCC)CC1. The Kier molecular flexibility index (Phi) is 7.72. The van der Waals surface area contributed by atoms with Crippen LogP contribution >= 0.6 is 0 Å². The first-order valence-corrected chi connectivity index (χ1v) is 11.4. The number of alkyl halides is 3. The van der Waals surface area contributed by atoms with E-state index in [1.54, 1.807) is 11.0 Å². The lowest BCUT2D eigenvalue weighted by atomic mass is 9.78. The van der Waals surface area contributed by atoms with Gasteiger partial charge in [0, 0.05) is 45.0 Å². The third-order valence-corrected chi connectivity index (χ3v) is 6.61. The molecule has 3 amide bonds. The van der Waals surface area contributed by atoms with Crippen molar-refractivity contribution in [2.24, 2.45) is 17.8 Å². The van der Waals surface area contributed by atoms with Gasteiger partial charge in [-0.05, 0) is 56.7 Å². The number of nitrogens with zero attached hydrogens (tertiary/aromatic N) is 3. The van der Waals surface area contributed by atoms with Gasteiger partial charge >= 0.3 is 12.2 Å². The van der Waals surface area contributed by atoms with E-state index in [1.165, 1.54) is 12.1 Å². The molecule has 1 aromatic carbocycles. The van der Waals surface area contributed by atoms with E-state index in [0.29, 0.717) is 45.0 Å². The van der Waals surface area contributed by atoms with Gasteiger partial charge in [-0.25, -0.2) is 4.79 Å². The van der Waals surface area contributed by atoms with Gasteiger partial charge in [-0.2, -0.15) is 18.4 Å². The quantitative estimate of drug-likeness (QED) is 0.699. The maximum atomic E-state index is 13.5. The fraction of sp³-hybridized carbons (Fsp3) is 0.609. The molecule has 0 bridgehead atoms. The molecule has 3 rings (SSSR count). The van der Waals surface area contributed by atoms with E-state index in [0.717, 1.165) is 18.9 Å². The zero-order valence-corrected chi connectivity index (χ0v) is 18.9. The largest absolute Gasteiger partial charge is 0.417 e. The van der Waals surface area contributed by atoms with E-state index in [-0.39, 0.29) is 29.7 Å². The number of halogens is 3. The van der Waals surface area contributed by atoms with Crippen molar-refractivity contribution in [3.63, 3.8) is 0 Å². The van der Waals surface area contributed by atoms with Gasteiger partial charge in [0.25, 0.3) is 0 Å². The molecule has 0 spiro atoms. The van der Waals surface area contributed by atoms with E-state index in [9.17, 15) is 22.8 Å². The molecule has 2 N–H and O–H groups in total. The number of carbonyl (C=O) groups is 2. The Morgan fingerprint density at radius 2 is 1.79 bits per heavy atom. The van der Waals surface area contributed by atoms with E-state index in [4.69, 9.17) is 5.26 Å². The predicted octanol–water partition coefficient (Wildman–Crippen LogP) is 3.21. The van der Waals surface area contributed by atoms with Crippen molar-refractivity contribution in [2.75, 3.05) is 44.2 Å². The molecule has 2 fully saturated rings. The zero-order chi connectivity index (χ0) is 24.2. The molecule has 2 aliphatic heterocycles. The van der Waals surface area contributed by atoms with Gasteiger partial charge in [0.2, 0.25) is 5.91 Å². The van der Waals surface area contributed by atoms with E-state index in [1.807, 2.05) is 18.7 Å². The van der Waals surface area contributed by atoms with Gasteiger partial charge in [0.15, 0.2) is 0 Å². The number of piperidine rings is 1. The van der Waals surface area contributed by atoms with Crippen molar-refractivity contribution >= 4 is 17.6 Å². The second-order valence-corrected chi connectivity index (χ2v) is 8.57. The minimum atomic E-state index is -4.63. The van der Waals surface area contributed by atoms with Crippen LogP contribution in [0.1, 0.15) is 37.8 Å². The van der Waals surface area contributed by atoms with Crippen LogP contribution in [0.15, 0.2) is 18.2 Å². The molecule has 1 aromatic rings. The average Bonchev–Trinajstić information content (AvgIpc) is 3.24. The summed E-state index contributed by atoms with van der Waals surface area (Å²) in [5, 5.41) is 14.7. The summed E-state index contributed by atoms with van der Waals surface area (Å²) in [7, 11) is 0. The fourth-order valence-corrected chi connectivity index (χ4v) is 4.95. The van der Waals surface area contributed by atoms with E-state index < -0.39 is 17.3 Å². The van der Waals surface area contributed by atoms with Crippen LogP contribution in [-0.4, -0.2) is 56.1 Å². The Labute approximate surface area is 191 Å². The van der Waals surface area contributed by atoms with Crippen LogP contribution in [0.5, 0.6) is 0 Å². The summed E-state index contributed by atoms with van der Waals surface area (Å²) >= 11 is 0. The average molecular weight is 466 g/mol. The molecule has 2 saturated heterocycles. The highest BCUT2D eigenvalue weighted by molar-refractivity contribution is 5.80. The highest BCUT2D eigenvalue weighted by Gasteiger charge is 2.43. The van der Waals surface area contributed by atoms with Crippen molar-refractivity contribution in [2.45, 2.75) is 32.9 Å². The standard InChI is InChI=1S/C23H30F3N5O2/c1-3-28-21(32)19-14-31(17-6-5-16(12-27)20(11-17)23(24,25)26)13-18(19)15-7-9-30(10-8-15)22(33)29-4-2/h5-6,11,15,18-19H,3-4,7-10,13-14H2,1-2H3,(H,28,32)(H,29,33)/t18-,19+/m0/s1. The number of anilines is 1. The number of benzene rings is 1. The van der Waals surface area contributed by atoms with Crippen molar-refractivity contribution in [1.29, 1.82) is 5.26 Å². The van der Waals surface area contributed by atoms with Crippen LogP contribution in [0.3, 0.4) is 0 Å². The van der Waals surface area contributed by atoms with Crippen molar-refractivity contribution in [1.82, 2.24) is 15.5 Å². The first-order valence-electron chi connectivity index (χ1n) is 11.4. The minimum absolute atomic E-state index is 0.0297. The minimum Gasteiger partial charge on any atom is -0.370 e. The van der Waals surface area contributed by atoms with Crippen molar-refractivity contribution < 1.29 is 22.8 Å². The van der Waals surface area contributed by atoms with Crippen LogP contribution in [-0.2, 0) is 11.0 Å². The summed E-state index contributed by atoms with van der Waals surface area (Å²) in [5.41, 5.74) is -1.02. The molecule has 2 aliphatic rings. The highest BCUT2D eigenvalue weighted by Crippen LogP contribution is 2.40. The van der Waals surface area contributed by atoms with Gasteiger partial charge in [-0.3, -0.25) is 4.79 Å². The number of carbonyl (C=O) groups excluding carboxylic acids is 2. The molecule has 0 aromatic heterocycles. The molecule has 0 unspecified atom stereocenters. The third kappa shape index (κ3) is 5.52. The summed E-state index contributed by atoms with van der Waals surface area (Å²) in [6, 6.07) is 5.23. The molecule has 180 valence electrons. The third-order valence-electron chi connectivity index (χ3n) is 6.61. The normalized spacial score (nSPS) is 21.6. The number of amides is 3. The molecule has 0 radical (unpaired) electrons. The highest BCUT2D eigenvalue weighted by atomic mass is 19.4. The van der Waals surface area contributed by atoms with Gasteiger partial charge in [0.1, 0.15) is 0 Å². The molecular formula is C23H30F3N5O2. The second kappa shape index (κ2) is 10.3. The van der Waals surface area contributed by atoms with Crippen LogP contribution in [0.2, 0.25) is 0 Å². The molecule has 2 heterocycles. The van der Waals surface area contributed by atoms with Crippen molar-refractivity contribution in [3.8, 4) is 6.07 Å². The van der Waals surface area contributed by atoms with Crippen LogP contribution in [0.4, 0.5) is 23.7 Å². The smallest absolute Gasteiger partial charge is 0.370 e. The number of urea groups is 1. The Bertz CT molecular complexity index is 906. The Morgan fingerprint density at radius 3 is 2.36 bits per heavy atom. The summed E-state index contributed by atoms with van der Waals surface area (Å²) < 4.78 is 40.4. The molecule has 0 aliphatic carbocycles. The van der Waals surface area contributed by atoms with Crippen LogP contribution in [0, 0.1) is 29.1 Å². The molecule has 2 atom stereocenters. The molecule has 0 saturated carbocycles. The monoisotopic (exact) mass is 465 g/mol. The maximum absolute atomic E-state index is 13.5. The van der Waals surface area contributed by atoms with E-state index in [2.05, 4.69) is 10.6 Å². The lowest BCUT2D eigenvalue weighted by Gasteiger charge is -2.36. The molecule has 10 heteroatoms. The Morgan fingerprint density at radius 1 is 1.12 bits per heavy atom. The summed E-state index contributed by atoms with van der Waals surface area (Å²) in [5.74, 6) is -0.288. The Balaban J connectivity index is 1.80. The number of hydrogen-bond acceptors (Lipinski definition) is 4. The number of likely N-dealkylation sites (tertiary alicyclic amines) is 1. The van der Waals surface area contributed by atoms with Gasteiger partial charge in [0.05, 0.1) is 23.1 Å². The lowest BCUT2D eigenvalue weighted by molar-refractivity contribution is -0.137. The van der Waals surface area contributed by atoms with Crippen LogP contribution in [0.25, 0.3) is 0 Å². The number of nitrogens with one attached hydrogen (secondary N) is 2. The predicted molar refractivity (Wildman–Crippen MR) is 117 cm³/mol. The fourth-order valence-electron chi connectivity index (χ4n) is 4.95. The number of hydrogen-bond donors (Lipinski definition) is 2. The van der Waals surface area contributed by atoms with Gasteiger partial charge < -0.3 is 20.4 Å². The topological polar surface area (TPSA) is 88.5 Å². The molecule has 7 nitrogen and oxygen atoms in total. The lowest BCUT2D eigenvalue weighted by Crippen LogP contribution is -2.46. The first-order chi connectivity index (χ1) is 15.7. The number of nitriles is 1. The summed E-state index contributed by atoms with van der Waals surface area (Å²) in [6.07, 6.45) is -3.15. The van der Waals surface area contributed by atoms with Gasteiger partial charge in [-0.1, -0.05) is 0 Å². The molecule has 33 heavy (non-hydrogen) atoms. The van der Waals surface area contributed by atoms with Gasteiger partial charge in [-0.15, -0.1) is 0 Å². The summed E-state index contributed by atoms with van der Waals surface area (Å²) in [6.45, 7) is 6.68. The zero-order valence-electron chi connectivity index (χ0n) is 18.9. The summed E-state index contributed by atoms with van der Waals surface area (Å²) in [4.78, 5) is 28.5. The van der Waals surface area contributed by atoms with Crippen molar-refractivity contribution in [3.05, 3.63) is 29.3 Å². The molecular weight excluding hydrogens is 435 g/mol.